The lowest BCUT2D eigenvalue weighted by atomic mass is 10.00. The van der Waals surface area contributed by atoms with Crippen molar-refractivity contribution in [2.75, 3.05) is 27.9 Å². The lowest BCUT2D eigenvalue weighted by Crippen LogP contribution is -2.49. The molecule has 1 aromatic carbocycles. The van der Waals surface area contributed by atoms with E-state index in [0.29, 0.717) is 30.2 Å². The van der Waals surface area contributed by atoms with Gasteiger partial charge < -0.3 is 23.8 Å². The topological polar surface area (TPSA) is 74.3 Å². The van der Waals surface area contributed by atoms with Gasteiger partial charge >= 0.3 is 5.97 Å². The van der Waals surface area contributed by atoms with Crippen LogP contribution in [0.1, 0.15) is 44.1 Å². The molecule has 164 valence electrons. The number of carbonyl (C=O) groups is 2. The van der Waals surface area contributed by atoms with Crippen LogP contribution >= 0.6 is 0 Å². The van der Waals surface area contributed by atoms with Crippen LogP contribution in [-0.4, -0.2) is 56.8 Å². The molecule has 0 saturated carbocycles. The number of allylic oxidation sites excluding steroid dienone is 1. The first-order chi connectivity index (χ1) is 14.6. The van der Waals surface area contributed by atoms with Gasteiger partial charge in [-0.3, -0.25) is 4.79 Å². The number of amides is 1. The van der Waals surface area contributed by atoms with Gasteiger partial charge in [-0.25, -0.2) is 4.79 Å². The van der Waals surface area contributed by atoms with Gasteiger partial charge in [0.2, 0.25) is 11.7 Å². The normalized spacial score (nSPS) is 21.1. The van der Waals surface area contributed by atoms with E-state index in [9.17, 15) is 9.59 Å². The molecule has 0 spiro atoms. The first-order valence-electron chi connectivity index (χ1n) is 10.5. The van der Waals surface area contributed by atoms with Crippen molar-refractivity contribution in [3.8, 4) is 17.2 Å². The molecule has 3 rings (SSSR count). The molecular weight excluding hydrogens is 386 g/mol. The summed E-state index contributed by atoms with van der Waals surface area (Å²) in [5, 5.41) is 0. The Morgan fingerprint density at radius 2 is 1.73 bits per heavy atom. The molecule has 0 radical (unpaired) electrons. The maximum atomic E-state index is 13.1. The monoisotopic (exact) mass is 417 g/mol. The molecule has 1 saturated heterocycles. The van der Waals surface area contributed by atoms with E-state index in [0.717, 1.165) is 37.7 Å². The lowest BCUT2D eigenvalue weighted by Gasteiger charge is -2.35. The fraction of sp³-hybridized carbons (Fsp3) is 0.565. The van der Waals surface area contributed by atoms with Gasteiger partial charge in [-0.05, 0) is 62.3 Å². The van der Waals surface area contributed by atoms with E-state index < -0.39 is 6.04 Å². The Morgan fingerprint density at radius 3 is 2.33 bits per heavy atom. The Bertz CT molecular complexity index is 765. The molecule has 0 bridgehead atoms. The Labute approximate surface area is 177 Å². The highest BCUT2D eigenvalue weighted by atomic mass is 16.5. The van der Waals surface area contributed by atoms with Crippen LogP contribution in [0, 0.1) is 0 Å². The zero-order chi connectivity index (χ0) is 21.5. The molecule has 1 aliphatic carbocycles. The summed E-state index contributed by atoms with van der Waals surface area (Å²) >= 11 is 0. The van der Waals surface area contributed by atoms with Crippen molar-refractivity contribution in [1.29, 1.82) is 0 Å². The van der Waals surface area contributed by atoms with Crippen LogP contribution in [0.5, 0.6) is 17.2 Å². The number of carbonyl (C=O) groups excluding carboxylic acids is 2. The maximum Gasteiger partial charge on any atom is 0.329 e. The third kappa shape index (κ3) is 5.07. The van der Waals surface area contributed by atoms with Crippen molar-refractivity contribution < 1.29 is 28.5 Å². The smallest absolute Gasteiger partial charge is 0.329 e. The van der Waals surface area contributed by atoms with Crippen LogP contribution in [0.15, 0.2) is 24.3 Å². The summed E-state index contributed by atoms with van der Waals surface area (Å²) in [5.74, 6) is 1.07. The van der Waals surface area contributed by atoms with Crippen LogP contribution in [0.4, 0.5) is 0 Å². The minimum Gasteiger partial charge on any atom is -0.493 e. The minimum absolute atomic E-state index is 0.106. The number of hydrogen-bond acceptors (Lipinski definition) is 6. The second-order valence-electron chi connectivity index (χ2n) is 7.64. The number of benzene rings is 1. The molecule has 7 nitrogen and oxygen atoms in total. The van der Waals surface area contributed by atoms with Crippen molar-refractivity contribution in [2.24, 2.45) is 0 Å². The number of esters is 1. The molecule has 1 aliphatic heterocycles. The number of rotatable bonds is 7. The van der Waals surface area contributed by atoms with Gasteiger partial charge in [0.25, 0.3) is 0 Å². The highest BCUT2D eigenvalue weighted by Crippen LogP contribution is 2.38. The first-order valence-corrected chi connectivity index (χ1v) is 10.5. The quantitative estimate of drug-likeness (QED) is 0.501. The number of ether oxygens (including phenoxy) is 4. The summed E-state index contributed by atoms with van der Waals surface area (Å²) in [6.45, 7) is 0.559. The average Bonchev–Trinajstić information content (AvgIpc) is 2.78. The molecule has 2 aliphatic rings. The Kier molecular flexibility index (Phi) is 7.60. The fourth-order valence-corrected chi connectivity index (χ4v) is 4.10. The average molecular weight is 418 g/mol. The molecule has 7 heteroatoms. The number of nitrogens with zero attached hydrogens (tertiary/aromatic N) is 1. The minimum atomic E-state index is -0.524. The Morgan fingerprint density at radius 1 is 1.00 bits per heavy atom. The van der Waals surface area contributed by atoms with Crippen LogP contribution in [-0.2, 0) is 20.7 Å². The molecule has 1 amide bonds. The van der Waals surface area contributed by atoms with Gasteiger partial charge in [0.1, 0.15) is 12.1 Å². The summed E-state index contributed by atoms with van der Waals surface area (Å²) in [6, 6.07) is 3.01. The summed E-state index contributed by atoms with van der Waals surface area (Å²) in [7, 11) is 4.62. The van der Waals surface area contributed by atoms with E-state index in [1.165, 1.54) is 7.11 Å². The SMILES string of the molecule is COc1cc(CC(=O)N2CCCCC2C(=O)OC2C=CCCC2)cc(OC)c1OC. The van der Waals surface area contributed by atoms with Crippen molar-refractivity contribution in [2.45, 2.75) is 57.1 Å². The molecule has 2 atom stereocenters. The second kappa shape index (κ2) is 10.4. The van der Waals surface area contributed by atoms with Gasteiger partial charge in [0, 0.05) is 6.54 Å². The zero-order valence-electron chi connectivity index (χ0n) is 18.0. The van der Waals surface area contributed by atoms with E-state index in [2.05, 4.69) is 6.08 Å². The molecule has 1 fully saturated rings. The molecule has 0 aromatic heterocycles. The van der Waals surface area contributed by atoms with Crippen molar-refractivity contribution in [3.05, 3.63) is 29.8 Å². The lowest BCUT2D eigenvalue weighted by molar-refractivity contribution is -0.159. The molecule has 2 unspecified atom stereocenters. The fourth-order valence-electron chi connectivity index (χ4n) is 4.10. The molecule has 30 heavy (non-hydrogen) atoms. The zero-order valence-corrected chi connectivity index (χ0v) is 18.0. The molecule has 1 heterocycles. The Hall–Kier alpha value is -2.70. The van der Waals surface area contributed by atoms with Crippen LogP contribution in [0.2, 0.25) is 0 Å². The number of methoxy groups -OCH3 is 3. The van der Waals surface area contributed by atoms with Crippen LogP contribution in [0.25, 0.3) is 0 Å². The number of hydrogen-bond donors (Lipinski definition) is 0. The number of likely N-dealkylation sites (tertiary alicyclic amines) is 1. The predicted octanol–water partition coefficient (Wildman–Crippen LogP) is 3.29. The Balaban J connectivity index is 1.73. The summed E-state index contributed by atoms with van der Waals surface area (Å²) in [4.78, 5) is 27.6. The highest BCUT2D eigenvalue weighted by Gasteiger charge is 2.34. The summed E-state index contributed by atoms with van der Waals surface area (Å²) in [5.41, 5.74) is 0.738. The molecule has 0 N–H and O–H groups in total. The largest absolute Gasteiger partial charge is 0.493 e. The van der Waals surface area contributed by atoms with E-state index >= 15 is 0 Å². The third-order valence-corrected chi connectivity index (χ3v) is 5.65. The third-order valence-electron chi connectivity index (χ3n) is 5.65. The van der Waals surface area contributed by atoms with E-state index in [-0.39, 0.29) is 24.4 Å². The van der Waals surface area contributed by atoms with Gasteiger partial charge in [-0.15, -0.1) is 0 Å². The van der Waals surface area contributed by atoms with Crippen molar-refractivity contribution >= 4 is 11.9 Å². The standard InChI is InChI=1S/C23H31NO6/c1-27-19-13-16(14-20(28-2)22(19)29-3)15-21(25)24-12-8-7-11-18(24)23(26)30-17-9-5-4-6-10-17/h5,9,13-14,17-18H,4,6-8,10-12,15H2,1-3H3. The summed E-state index contributed by atoms with van der Waals surface area (Å²) in [6.07, 6.45) is 9.28. The van der Waals surface area contributed by atoms with Gasteiger partial charge in [-0.2, -0.15) is 0 Å². The van der Waals surface area contributed by atoms with Gasteiger partial charge in [0.05, 0.1) is 27.8 Å². The van der Waals surface area contributed by atoms with Gasteiger partial charge in [-0.1, -0.05) is 6.08 Å². The van der Waals surface area contributed by atoms with Crippen LogP contribution in [0.3, 0.4) is 0 Å². The first kappa shape index (κ1) is 22.0. The maximum absolute atomic E-state index is 13.1. The number of piperidine rings is 1. The van der Waals surface area contributed by atoms with Crippen LogP contribution < -0.4 is 14.2 Å². The molecule has 1 aromatic rings. The summed E-state index contributed by atoms with van der Waals surface area (Å²) < 4.78 is 21.8. The predicted molar refractivity (Wildman–Crippen MR) is 112 cm³/mol. The van der Waals surface area contributed by atoms with Crippen molar-refractivity contribution in [3.63, 3.8) is 0 Å². The van der Waals surface area contributed by atoms with Crippen molar-refractivity contribution in [1.82, 2.24) is 4.90 Å². The second-order valence-corrected chi connectivity index (χ2v) is 7.64. The van der Waals surface area contributed by atoms with Gasteiger partial charge in [0.15, 0.2) is 11.5 Å². The molecular formula is C23H31NO6. The van der Waals surface area contributed by atoms with E-state index in [4.69, 9.17) is 18.9 Å². The van der Waals surface area contributed by atoms with E-state index in [1.54, 1.807) is 31.3 Å². The highest BCUT2D eigenvalue weighted by molar-refractivity contribution is 5.86. The van der Waals surface area contributed by atoms with E-state index in [1.807, 2.05) is 6.08 Å².